The summed E-state index contributed by atoms with van der Waals surface area (Å²) in [5, 5.41) is 4.12. The van der Waals surface area contributed by atoms with E-state index in [0.717, 1.165) is 5.56 Å². The summed E-state index contributed by atoms with van der Waals surface area (Å²) in [5.74, 6) is 0.351. The molecule has 0 amide bonds. The van der Waals surface area contributed by atoms with Crippen molar-refractivity contribution in [3.63, 3.8) is 0 Å². The van der Waals surface area contributed by atoms with Crippen molar-refractivity contribution in [2.24, 2.45) is 10.7 Å². The molecule has 5 nitrogen and oxygen atoms in total. The van der Waals surface area contributed by atoms with Gasteiger partial charge in [0, 0.05) is 22.8 Å². The Morgan fingerprint density at radius 3 is 2.67 bits per heavy atom. The molecule has 0 radical (unpaired) electrons. The molecule has 1 rings (SSSR count). The lowest BCUT2D eigenvalue weighted by Crippen LogP contribution is -2.34. The predicted octanol–water partition coefficient (Wildman–Crippen LogP) is 2.39. The Morgan fingerprint density at radius 1 is 1.43 bits per heavy atom. The number of hydrogen-bond acceptors (Lipinski definition) is 3. The van der Waals surface area contributed by atoms with Gasteiger partial charge in [0.25, 0.3) is 0 Å². The van der Waals surface area contributed by atoms with Gasteiger partial charge >= 0.3 is 0 Å². The Hall–Kier alpha value is -0.980. The van der Waals surface area contributed by atoms with Crippen LogP contribution in [0.5, 0.6) is 0 Å². The van der Waals surface area contributed by atoms with Crippen LogP contribution in [0.3, 0.4) is 0 Å². The maximum Gasteiger partial charge on any atom is 0.189 e. The van der Waals surface area contributed by atoms with Crippen molar-refractivity contribution >= 4 is 39.0 Å². The lowest BCUT2D eigenvalue weighted by molar-refractivity contribution is 0.599. The van der Waals surface area contributed by atoms with Gasteiger partial charge in [-0.05, 0) is 31.0 Å². The normalized spacial score (nSPS) is 14.0. The van der Waals surface area contributed by atoms with Gasteiger partial charge in [-0.2, -0.15) is 0 Å². The van der Waals surface area contributed by atoms with Gasteiger partial charge in [0.2, 0.25) is 0 Å². The van der Waals surface area contributed by atoms with Crippen molar-refractivity contribution in [1.82, 2.24) is 5.32 Å². The van der Waals surface area contributed by atoms with Crippen LogP contribution in [-0.2, 0) is 9.84 Å². The molecular formula is C13H19Cl2N3O2S. The van der Waals surface area contributed by atoms with Crippen molar-refractivity contribution < 1.29 is 8.42 Å². The Morgan fingerprint density at radius 2 is 2.10 bits per heavy atom. The first-order valence-electron chi connectivity index (χ1n) is 6.38. The second kappa shape index (κ2) is 7.87. The van der Waals surface area contributed by atoms with E-state index in [1.165, 1.54) is 6.26 Å². The van der Waals surface area contributed by atoms with E-state index in [2.05, 4.69) is 10.3 Å². The highest BCUT2D eigenvalue weighted by Crippen LogP contribution is 2.25. The van der Waals surface area contributed by atoms with Gasteiger partial charge < -0.3 is 11.1 Å². The van der Waals surface area contributed by atoms with E-state index in [1.54, 1.807) is 12.1 Å². The van der Waals surface area contributed by atoms with Gasteiger partial charge in [-0.25, -0.2) is 8.42 Å². The van der Waals surface area contributed by atoms with Gasteiger partial charge in [-0.1, -0.05) is 29.3 Å². The van der Waals surface area contributed by atoms with Crippen molar-refractivity contribution in [2.45, 2.75) is 19.4 Å². The fraction of sp³-hybridized carbons (Fsp3) is 0.462. The van der Waals surface area contributed by atoms with Crippen LogP contribution in [0.1, 0.15) is 24.9 Å². The highest BCUT2D eigenvalue weighted by atomic mass is 35.5. The van der Waals surface area contributed by atoms with Crippen LogP contribution in [0.4, 0.5) is 0 Å². The standard InChI is InChI=1S/C13H19Cl2N3O2S/c1-9(11-5-4-10(14)8-12(11)15)18-13(16)17-6-3-7-21(2,19)20/h4-5,8-9H,3,6-7H2,1-2H3,(H3,16,17,18). The monoisotopic (exact) mass is 351 g/mol. The average Bonchev–Trinajstić information content (AvgIpc) is 2.33. The molecule has 0 fully saturated rings. The lowest BCUT2D eigenvalue weighted by atomic mass is 10.1. The van der Waals surface area contributed by atoms with Crippen LogP contribution >= 0.6 is 23.2 Å². The van der Waals surface area contributed by atoms with E-state index in [9.17, 15) is 8.42 Å². The fourth-order valence-corrected chi connectivity index (χ4v) is 2.95. The maximum absolute atomic E-state index is 11.0. The fourth-order valence-electron chi connectivity index (χ4n) is 1.72. The lowest BCUT2D eigenvalue weighted by Gasteiger charge is -2.16. The first-order valence-corrected chi connectivity index (χ1v) is 9.20. The highest BCUT2D eigenvalue weighted by molar-refractivity contribution is 7.90. The number of guanidine groups is 1. The Kier molecular flexibility index (Phi) is 6.77. The van der Waals surface area contributed by atoms with Gasteiger partial charge in [-0.15, -0.1) is 0 Å². The molecule has 21 heavy (non-hydrogen) atoms. The Labute approximate surface area is 135 Å². The maximum atomic E-state index is 11.0. The van der Waals surface area contributed by atoms with Crippen molar-refractivity contribution in [1.29, 1.82) is 0 Å². The second-order valence-electron chi connectivity index (χ2n) is 4.78. The Bertz CT molecular complexity index is 618. The summed E-state index contributed by atoms with van der Waals surface area (Å²) in [6.07, 6.45) is 1.64. The summed E-state index contributed by atoms with van der Waals surface area (Å²) in [4.78, 5) is 4.09. The number of aliphatic imine (C=N–C) groups is 1. The zero-order chi connectivity index (χ0) is 16.0. The molecule has 0 aliphatic rings. The summed E-state index contributed by atoms with van der Waals surface area (Å²) < 4.78 is 22.0. The minimum absolute atomic E-state index is 0.0995. The number of nitrogens with zero attached hydrogens (tertiary/aromatic N) is 1. The first kappa shape index (κ1) is 18.1. The molecular weight excluding hydrogens is 333 g/mol. The minimum Gasteiger partial charge on any atom is -0.370 e. The molecule has 1 aromatic rings. The molecule has 0 aliphatic carbocycles. The third-order valence-corrected chi connectivity index (χ3v) is 4.34. The van der Waals surface area contributed by atoms with Gasteiger partial charge in [0.1, 0.15) is 9.84 Å². The Balaban J connectivity index is 2.55. The van der Waals surface area contributed by atoms with Crippen molar-refractivity contribution in [2.75, 3.05) is 18.6 Å². The topological polar surface area (TPSA) is 84.5 Å². The molecule has 8 heteroatoms. The molecule has 0 bridgehead atoms. The number of sulfone groups is 1. The van der Waals surface area contributed by atoms with Crippen LogP contribution in [-0.4, -0.2) is 32.9 Å². The zero-order valence-electron chi connectivity index (χ0n) is 11.9. The number of hydrogen-bond donors (Lipinski definition) is 2. The minimum atomic E-state index is -2.96. The number of rotatable bonds is 6. The summed E-state index contributed by atoms with van der Waals surface area (Å²) >= 11 is 12.0. The third kappa shape index (κ3) is 7.02. The van der Waals surface area contributed by atoms with Gasteiger partial charge in [-0.3, -0.25) is 4.99 Å². The van der Waals surface area contributed by atoms with E-state index < -0.39 is 9.84 Å². The second-order valence-corrected chi connectivity index (χ2v) is 7.89. The molecule has 0 spiro atoms. The number of benzene rings is 1. The predicted molar refractivity (Wildman–Crippen MR) is 88.8 cm³/mol. The summed E-state index contributed by atoms with van der Waals surface area (Å²) in [5.41, 5.74) is 6.62. The van der Waals surface area contributed by atoms with Crippen LogP contribution < -0.4 is 11.1 Å². The smallest absolute Gasteiger partial charge is 0.189 e. The zero-order valence-corrected chi connectivity index (χ0v) is 14.3. The molecule has 0 aromatic heterocycles. The summed E-state index contributed by atoms with van der Waals surface area (Å²) in [6.45, 7) is 2.25. The van der Waals surface area contributed by atoms with E-state index >= 15 is 0 Å². The van der Waals surface area contributed by atoms with Crippen LogP contribution in [0.2, 0.25) is 10.0 Å². The number of halogens is 2. The quantitative estimate of drug-likeness (QED) is 0.468. The van der Waals surface area contributed by atoms with E-state index in [-0.39, 0.29) is 17.8 Å². The number of nitrogens with two attached hydrogens (primary N) is 1. The molecule has 1 aromatic carbocycles. The van der Waals surface area contributed by atoms with Crippen LogP contribution in [0.25, 0.3) is 0 Å². The molecule has 0 saturated carbocycles. The van der Waals surface area contributed by atoms with Crippen molar-refractivity contribution in [3.8, 4) is 0 Å². The third-order valence-electron chi connectivity index (χ3n) is 2.75. The van der Waals surface area contributed by atoms with Crippen LogP contribution in [0.15, 0.2) is 23.2 Å². The molecule has 1 unspecified atom stereocenters. The van der Waals surface area contributed by atoms with E-state index in [0.29, 0.717) is 23.0 Å². The largest absolute Gasteiger partial charge is 0.370 e. The summed E-state index contributed by atoms with van der Waals surface area (Å²) in [6, 6.07) is 5.10. The molecule has 3 N–H and O–H groups in total. The molecule has 1 atom stereocenters. The van der Waals surface area contributed by atoms with Crippen molar-refractivity contribution in [3.05, 3.63) is 33.8 Å². The highest BCUT2D eigenvalue weighted by Gasteiger charge is 2.10. The summed E-state index contributed by atoms with van der Waals surface area (Å²) in [7, 11) is -2.96. The average molecular weight is 352 g/mol. The van der Waals surface area contributed by atoms with Gasteiger partial charge in [0.05, 0.1) is 11.8 Å². The molecule has 0 aliphatic heterocycles. The molecule has 0 saturated heterocycles. The number of nitrogens with one attached hydrogen (secondary N) is 1. The van der Waals surface area contributed by atoms with E-state index in [4.69, 9.17) is 28.9 Å². The SMILES string of the molecule is CC(NC(N)=NCCCS(C)(=O)=O)c1ccc(Cl)cc1Cl. The van der Waals surface area contributed by atoms with E-state index in [1.807, 2.05) is 13.0 Å². The van der Waals surface area contributed by atoms with Crippen LogP contribution in [0, 0.1) is 0 Å². The first-order chi connectivity index (χ1) is 9.69. The van der Waals surface area contributed by atoms with Gasteiger partial charge in [0.15, 0.2) is 5.96 Å². The molecule has 0 heterocycles. The molecule has 118 valence electrons.